The standard InChI is InChI=1S/C19H27N5O2S/c1-4-8-15(14-9-6-5-7-10-14)21-18(26)13(2)27-19-23-22-17(24(19)3)12-11-16(20)25/h5-7,9-10,13,15H,4,8,11-12H2,1-3H3,(H2,20,25)(H,21,26)/t13-,15+/m1/s1. The van der Waals surface area contributed by atoms with Gasteiger partial charge in [-0.15, -0.1) is 10.2 Å². The van der Waals surface area contributed by atoms with Gasteiger partial charge in [0.25, 0.3) is 0 Å². The van der Waals surface area contributed by atoms with Crippen molar-refractivity contribution in [3.63, 3.8) is 0 Å². The van der Waals surface area contributed by atoms with E-state index in [1.165, 1.54) is 11.8 Å². The van der Waals surface area contributed by atoms with Gasteiger partial charge in [-0.25, -0.2) is 0 Å². The van der Waals surface area contributed by atoms with E-state index in [1.54, 1.807) is 4.57 Å². The number of primary amides is 1. The second kappa shape index (κ2) is 10.1. The van der Waals surface area contributed by atoms with Crippen molar-refractivity contribution in [1.82, 2.24) is 20.1 Å². The van der Waals surface area contributed by atoms with Gasteiger partial charge >= 0.3 is 0 Å². The summed E-state index contributed by atoms with van der Waals surface area (Å²) in [5, 5.41) is 11.7. The van der Waals surface area contributed by atoms with E-state index in [0.717, 1.165) is 18.4 Å². The number of nitrogens with one attached hydrogen (secondary N) is 1. The monoisotopic (exact) mass is 389 g/mol. The Bertz CT molecular complexity index is 763. The Kier molecular flexibility index (Phi) is 7.84. The summed E-state index contributed by atoms with van der Waals surface area (Å²) in [4.78, 5) is 23.6. The molecule has 1 heterocycles. The van der Waals surface area contributed by atoms with Crippen molar-refractivity contribution in [2.24, 2.45) is 12.8 Å². The summed E-state index contributed by atoms with van der Waals surface area (Å²) in [5.74, 6) is 0.267. The summed E-state index contributed by atoms with van der Waals surface area (Å²) in [6.45, 7) is 3.96. The van der Waals surface area contributed by atoms with Crippen LogP contribution in [-0.4, -0.2) is 31.8 Å². The Hall–Kier alpha value is -2.35. The van der Waals surface area contributed by atoms with Gasteiger partial charge in [0.2, 0.25) is 11.8 Å². The van der Waals surface area contributed by atoms with Crippen molar-refractivity contribution in [3.05, 3.63) is 41.7 Å². The predicted octanol–water partition coefficient (Wildman–Crippen LogP) is 2.37. The first-order valence-corrected chi connectivity index (χ1v) is 9.98. The van der Waals surface area contributed by atoms with Gasteiger partial charge in [-0.2, -0.15) is 0 Å². The quantitative estimate of drug-likeness (QED) is 0.607. The van der Waals surface area contributed by atoms with Gasteiger partial charge in [0.1, 0.15) is 5.82 Å². The van der Waals surface area contributed by atoms with Crippen LogP contribution in [0.25, 0.3) is 0 Å². The van der Waals surface area contributed by atoms with Crippen LogP contribution < -0.4 is 11.1 Å². The number of carbonyl (C=O) groups excluding carboxylic acids is 2. The maximum Gasteiger partial charge on any atom is 0.233 e. The summed E-state index contributed by atoms with van der Waals surface area (Å²) >= 11 is 1.35. The van der Waals surface area contributed by atoms with Crippen molar-refractivity contribution in [1.29, 1.82) is 0 Å². The van der Waals surface area contributed by atoms with E-state index in [2.05, 4.69) is 22.4 Å². The maximum absolute atomic E-state index is 12.7. The van der Waals surface area contributed by atoms with Crippen molar-refractivity contribution >= 4 is 23.6 Å². The molecule has 27 heavy (non-hydrogen) atoms. The summed E-state index contributed by atoms with van der Waals surface area (Å²) in [6.07, 6.45) is 2.53. The zero-order valence-electron chi connectivity index (χ0n) is 16.0. The smallest absolute Gasteiger partial charge is 0.233 e. The second-order valence-electron chi connectivity index (χ2n) is 6.44. The van der Waals surface area contributed by atoms with E-state index in [9.17, 15) is 9.59 Å². The summed E-state index contributed by atoms with van der Waals surface area (Å²) < 4.78 is 1.80. The Morgan fingerprint density at radius 1 is 1.26 bits per heavy atom. The van der Waals surface area contributed by atoms with Crippen LogP contribution in [0.3, 0.4) is 0 Å². The number of hydrogen-bond donors (Lipinski definition) is 2. The second-order valence-corrected chi connectivity index (χ2v) is 7.75. The largest absolute Gasteiger partial charge is 0.370 e. The number of nitrogens with two attached hydrogens (primary N) is 1. The maximum atomic E-state index is 12.7. The van der Waals surface area contributed by atoms with Gasteiger partial charge in [0, 0.05) is 19.9 Å². The molecule has 0 aliphatic rings. The average molecular weight is 390 g/mol. The number of aromatic nitrogens is 3. The highest BCUT2D eigenvalue weighted by atomic mass is 32.2. The molecular weight excluding hydrogens is 362 g/mol. The number of rotatable bonds is 10. The third-order valence-electron chi connectivity index (χ3n) is 4.27. The van der Waals surface area contributed by atoms with Crippen LogP contribution in [0.1, 0.15) is 50.5 Å². The van der Waals surface area contributed by atoms with Crippen molar-refractivity contribution in [2.45, 2.75) is 56.0 Å². The third kappa shape index (κ3) is 6.09. The Morgan fingerprint density at radius 2 is 1.96 bits per heavy atom. The van der Waals surface area contributed by atoms with Crippen molar-refractivity contribution in [2.75, 3.05) is 0 Å². The molecule has 0 radical (unpaired) electrons. The highest BCUT2D eigenvalue weighted by Crippen LogP contribution is 2.24. The molecule has 0 spiro atoms. The molecule has 0 aliphatic carbocycles. The fraction of sp³-hybridized carbons (Fsp3) is 0.474. The molecule has 2 aromatic rings. The molecular formula is C19H27N5O2S. The van der Waals surface area contributed by atoms with Gasteiger partial charge in [-0.05, 0) is 18.9 Å². The van der Waals surface area contributed by atoms with Crippen LogP contribution in [0.5, 0.6) is 0 Å². The molecule has 1 aromatic heterocycles. The van der Waals surface area contributed by atoms with Crippen molar-refractivity contribution in [3.8, 4) is 0 Å². The molecule has 0 bridgehead atoms. The highest BCUT2D eigenvalue weighted by Gasteiger charge is 2.22. The number of nitrogens with zero attached hydrogens (tertiary/aromatic N) is 3. The van der Waals surface area contributed by atoms with Crippen LogP contribution in [-0.2, 0) is 23.1 Å². The predicted molar refractivity (Wildman–Crippen MR) is 106 cm³/mol. The Labute approximate surface area is 164 Å². The summed E-state index contributed by atoms with van der Waals surface area (Å²) in [6, 6.07) is 10.00. The lowest BCUT2D eigenvalue weighted by molar-refractivity contribution is -0.121. The lowest BCUT2D eigenvalue weighted by Gasteiger charge is -2.21. The molecule has 146 valence electrons. The van der Waals surface area contributed by atoms with Crippen molar-refractivity contribution < 1.29 is 9.59 Å². The molecule has 7 nitrogen and oxygen atoms in total. The minimum atomic E-state index is -0.372. The van der Waals surface area contributed by atoms with E-state index in [1.807, 2.05) is 44.3 Å². The SMILES string of the molecule is CCC[C@H](NC(=O)[C@@H](C)Sc1nnc(CCC(N)=O)n1C)c1ccccc1. The summed E-state index contributed by atoms with van der Waals surface area (Å²) in [5.41, 5.74) is 6.29. The number of carbonyl (C=O) groups is 2. The number of aryl methyl sites for hydroxylation is 1. The Morgan fingerprint density at radius 3 is 2.59 bits per heavy atom. The first-order valence-electron chi connectivity index (χ1n) is 9.10. The average Bonchev–Trinajstić information content (AvgIpc) is 3.00. The zero-order chi connectivity index (χ0) is 19.8. The van der Waals surface area contributed by atoms with E-state index in [0.29, 0.717) is 17.4 Å². The van der Waals surface area contributed by atoms with Crippen LogP contribution in [0.2, 0.25) is 0 Å². The molecule has 2 amide bonds. The van der Waals surface area contributed by atoms with Gasteiger partial charge in [0.05, 0.1) is 11.3 Å². The fourth-order valence-electron chi connectivity index (χ4n) is 2.70. The first kappa shape index (κ1) is 21.0. The minimum Gasteiger partial charge on any atom is -0.370 e. The minimum absolute atomic E-state index is 0.00243. The van der Waals surface area contributed by atoms with Crippen LogP contribution >= 0.6 is 11.8 Å². The number of amides is 2. The van der Waals surface area contributed by atoms with Gasteiger partial charge in [-0.3, -0.25) is 9.59 Å². The Balaban J connectivity index is 1.99. The molecule has 8 heteroatoms. The van der Waals surface area contributed by atoms with E-state index >= 15 is 0 Å². The fourth-order valence-corrected chi connectivity index (χ4v) is 3.54. The number of thioether (sulfide) groups is 1. The molecule has 0 saturated heterocycles. The van der Waals surface area contributed by atoms with Crippen LogP contribution in [0.15, 0.2) is 35.5 Å². The van der Waals surface area contributed by atoms with E-state index in [-0.39, 0.29) is 29.5 Å². The molecule has 0 fully saturated rings. The number of benzene rings is 1. The van der Waals surface area contributed by atoms with Crippen LogP contribution in [0, 0.1) is 0 Å². The molecule has 1 aromatic carbocycles. The number of hydrogen-bond acceptors (Lipinski definition) is 5. The van der Waals surface area contributed by atoms with E-state index < -0.39 is 0 Å². The lowest BCUT2D eigenvalue weighted by Crippen LogP contribution is -2.34. The van der Waals surface area contributed by atoms with Gasteiger partial charge in [-0.1, -0.05) is 55.4 Å². The molecule has 2 atom stereocenters. The normalized spacial score (nSPS) is 13.1. The first-order chi connectivity index (χ1) is 12.9. The highest BCUT2D eigenvalue weighted by molar-refractivity contribution is 8.00. The summed E-state index contributed by atoms with van der Waals surface area (Å²) in [7, 11) is 1.83. The van der Waals surface area contributed by atoms with E-state index in [4.69, 9.17) is 5.73 Å². The molecule has 0 unspecified atom stereocenters. The lowest BCUT2D eigenvalue weighted by atomic mass is 10.0. The van der Waals surface area contributed by atoms with Gasteiger partial charge < -0.3 is 15.6 Å². The van der Waals surface area contributed by atoms with Crippen LogP contribution in [0.4, 0.5) is 0 Å². The molecule has 2 rings (SSSR count). The molecule has 0 saturated carbocycles. The molecule has 3 N–H and O–H groups in total. The topological polar surface area (TPSA) is 103 Å². The van der Waals surface area contributed by atoms with Gasteiger partial charge in [0.15, 0.2) is 5.16 Å². The third-order valence-corrected chi connectivity index (χ3v) is 5.40. The molecule has 0 aliphatic heterocycles. The zero-order valence-corrected chi connectivity index (χ0v) is 16.8.